The molecule has 0 unspecified atom stereocenters. The summed E-state index contributed by atoms with van der Waals surface area (Å²) < 4.78 is 0. The topological polar surface area (TPSA) is 25.2 Å². The second-order valence-electron chi connectivity index (χ2n) is 5.65. The SMILES string of the molecule is CC(C)c1ccc(C=Nc2nc3c(s2)CCCC3)cc1. The van der Waals surface area contributed by atoms with E-state index in [2.05, 4.69) is 48.1 Å². The first-order chi connectivity index (χ1) is 9.72. The number of aromatic nitrogens is 1. The summed E-state index contributed by atoms with van der Waals surface area (Å²) in [6, 6.07) is 8.62. The van der Waals surface area contributed by atoms with E-state index in [-0.39, 0.29) is 0 Å². The van der Waals surface area contributed by atoms with Crippen molar-refractivity contribution in [2.45, 2.75) is 45.4 Å². The maximum Gasteiger partial charge on any atom is 0.209 e. The van der Waals surface area contributed by atoms with Gasteiger partial charge in [0.1, 0.15) is 0 Å². The first-order valence-electron chi connectivity index (χ1n) is 7.35. The molecule has 2 aromatic rings. The molecule has 0 saturated carbocycles. The number of aryl methyl sites for hydroxylation is 2. The van der Waals surface area contributed by atoms with Crippen LogP contribution in [0.5, 0.6) is 0 Å². The van der Waals surface area contributed by atoms with Gasteiger partial charge in [-0.1, -0.05) is 49.4 Å². The highest BCUT2D eigenvalue weighted by Gasteiger charge is 2.14. The lowest BCUT2D eigenvalue weighted by Crippen LogP contribution is -1.98. The van der Waals surface area contributed by atoms with E-state index in [1.54, 1.807) is 11.3 Å². The van der Waals surface area contributed by atoms with Crippen LogP contribution in [0.3, 0.4) is 0 Å². The zero-order valence-corrected chi connectivity index (χ0v) is 12.9. The van der Waals surface area contributed by atoms with Crippen LogP contribution in [0.15, 0.2) is 29.3 Å². The van der Waals surface area contributed by atoms with Crippen molar-refractivity contribution in [1.82, 2.24) is 4.98 Å². The standard InChI is InChI=1S/C17H20N2S/c1-12(2)14-9-7-13(8-10-14)11-18-17-19-15-5-3-4-6-16(15)20-17/h7-12H,3-6H2,1-2H3. The number of benzene rings is 1. The highest BCUT2D eigenvalue weighted by molar-refractivity contribution is 7.15. The van der Waals surface area contributed by atoms with Crippen LogP contribution in [0.4, 0.5) is 5.13 Å². The highest BCUT2D eigenvalue weighted by atomic mass is 32.1. The molecule has 3 heteroatoms. The van der Waals surface area contributed by atoms with E-state index in [0.29, 0.717) is 5.92 Å². The number of aliphatic imine (C=N–C) groups is 1. The van der Waals surface area contributed by atoms with Gasteiger partial charge in [0.15, 0.2) is 0 Å². The molecule has 0 fully saturated rings. The lowest BCUT2D eigenvalue weighted by Gasteiger charge is -2.06. The van der Waals surface area contributed by atoms with Gasteiger partial charge in [-0.2, -0.15) is 0 Å². The molecule has 104 valence electrons. The maximum atomic E-state index is 4.63. The number of hydrogen-bond acceptors (Lipinski definition) is 3. The monoisotopic (exact) mass is 284 g/mol. The summed E-state index contributed by atoms with van der Waals surface area (Å²) in [5.41, 5.74) is 3.79. The molecule has 0 radical (unpaired) electrons. The Hall–Kier alpha value is -1.48. The van der Waals surface area contributed by atoms with Gasteiger partial charge >= 0.3 is 0 Å². The Morgan fingerprint density at radius 2 is 1.90 bits per heavy atom. The Morgan fingerprint density at radius 1 is 1.15 bits per heavy atom. The molecule has 0 N–H and O–H groups in total. The van der Waals surface area contributed by atoms with Crippen molar-refractivity contribution in [2.75, 3.05) is 0 Å². The smallest absolute Gasteiger partial charge is 0.209 e. The van der Waals surface area contributed by atoms with Crippen molar-refractivity contribution >= 4 is 22.7 Å². The van der Waals surface area contributed by atoms with Gasteiger partial charge in [0.2, 0.25) is 5.13 Å². The number of thiazole rings is 1. The predicted octanol–water partition coefficient (Wildman–Crippen LogP) is 4.90. The van der Waals surface area contributed by atoms with Crippen LogP contribution in [-0.4, -0.2) is 11.2 Å². The van der Waals surface area contributed by atoms with E-state index in [9.17, 15) is 0 Å². The molecule has 0 aliphatic heterocycles. The molecule has 0 amide bonds. The summed E-state index contributed by atoms with van der Waals surface area (Å²) in [5.74, 6) is 0.576. The molecular weight excluding hydrogens is 264 g/mol. The first-order valence-corrected chi connectivity index (χ1v) is 8.16. The van der Waals surface area contributed by atoms with Crippen molar-refractivity contribution in [3.05, 3.63) is 46.0 Å². The second-order valence-corrected chi connectivity index (χ2v) is 6.72. The van der Waals surface area contributed by atoms with Crippen LogP contribution >= 0.6 is 11.3 Å². The van der Waals surface area contributed by atoms with E-state index < -0.39 is 0 Å². The van der Waals surface area contributed by atoms with Crippen molar-refractivity contribution in [3.8, 4) is 0 Å². The minimum Gasteiger partial charge on any atom is -0.227 e. The molecular formula is C17H20N2S. The van der Waals surface area contributed by atoms with Crippen molar-refractivity contribution in [1.29, 1.82) is 0 Å². The predicted molar refractivity (Wildman–Crippen MR) is 86.5 cm³/mol. The van der Waals surface area contributed by atoms with Crippen molar-refractivity contribution in [3.63, 3.8) is 0 Å². The third-order valence-electron chi connectivity index (χ3n) is 3.76. The van der Waals surface area contributed by atoms with E-state index in [0.717, 1.165) is 17.1 Å². The summed E-state index contributed by atoms with van der Waals surface area (Å²) in [6.07, 6.45) is 6.82. The lowest BCUT2D eigenvalue weighted by atomic mass is 10.0. The van der Waals surface area contributed by atoms with Gasteiger partial charge in [0, 0.05) is 11.1 Å². The third kappa shape index (κ3) is 2.98. The normalized spacial score (nSPS) is 14.9. The van der Waals surface area contributed by atoms with Crippen LogP contribution in [0.25, 0.3) is 0 Å². The lowest BCUT2D eigenvalue weighted by molar-refractivity contribution is 0.682. The summed E-state index contributed by atoms with van der Waals surface area (Å²) in [7, 11) is 0. The van der Waals surface area contributed by atoms with Gasteiger partial charge in [-0.3, -0.25) is 0 Å². The average Bonchev–Trinajstić information content (AvgIpc) is 2.88. The fourth-order valence-electron chi connectivity index (χ4n) is 2.49. The molecule has 2 nitrogen and oxygen atoms in total. The summed E-state index contributed by atoms with van der Waals surface area (Å²) >= 11 is 1.75. The first kappa shape index (κ1) is 13.5. The Balaban J connectivity index is 1.74. The molecule has 20 heavy (non-hydrogen) atoms. The van der Waals surface area contributed by atoms with Crippen LogP contribution < -0.4 is 0 Å². The largest absolute Gasteiger partial charge is 0.227 e. The van der Waals surface area contributed by atoms with Gasteiger partial charge in [-0.15, -0.1) is 0 Å². The molecule has 0 saturated heterocycles. The quantitative estimate of drug-likeness (QED) is 0.736. The molecule has 3 rings (SSSR count). The summed E-state index contributed by atoms with van der Waals surface area (Å²) in [6.45, 7) is 4.42. The average molecular weight is 284 g/mol. The molecule has 1 aromatic heterocycles. The van der Waals surface area contributed by atoms with Gasteiger partial charge in [-0.25, -0.2) is 9.98 Å². The zero-order chi connectivity index (χ0) is 13.9. The minimum absolute atomic E-state index is 0.576. The van der Waals surface area contributed by atoms with E-state index in [4.69, 9.17) is 0 Å². The molecule has 1 aliphatic carbocycles. The Kier molecular flexibility index (Phi) is 3.97. The van der Waals surface area contributed by atoms with Gasteiger partial charge in [0.25, 0.3) is 0 Å². The van der Waals surface area contributed by atoms with Crippen LogP contribution in [-0.2, 0) is 12.8 Å². The maximum absolute atomic E-state index is 4.63. The Morgan fingerprint density at radius 3 is 2.60 bits per heavy atom. The number of fused-ring (bicyclic) bond motifs is 1. The van der Waals surface area contributed by atoms with Crippen molar-refractivity contribution in [2.24, 2.45) is 4.99 Å². The fraction of sp³-hybridized carbons (Fsp3) is 0.412. The summed E-state index contributed by atoms with van der Waals surface area (Å²) in [5, 5.41) is 0.907. The second kappa shape index (κ2) is 5.88. The number of rotatable bonds is 3. The minimum atomic E-state index is 0.576. The number of hydrogen-bond donors (Lipinski definition) is 0. The molecule has 0 atom stereocenters. The molecule has 1 aliphatic rings. The molecule has 0 spiro atoms. The van der Waals surface area contributed by atoms with E-state index in [1.807, 2.05) is 6.21 Å². The Labute approximate surface area is 124 Å². The molecule has 1 aromatic carbocycles. The van der Waals surface area contributed by atoms with Crippen LogP contribution in [0, 0.1) is 0 Å². The third-order valence-corrected chi connectivity index (χ3v) is 4.83. The zero-order valence-electron chi connectivity index (χ0n) is 12.1. The fourth-order valence-corrected chi connectivity index (χ4v) is 3.48. The molecule has 1 heterocycles. The molecule has 0 bridgehead atoms. The number of nitrogens with zero attached hydrogens (tertiary/aromatic N) is 2. The van der Waals surface area contributed by atoms with Gasteiger partial charge < -0.3 is 0 Å². The highest BCUT2D eigenvalue weighted by Crippen LogP contribution is 2.31. The van der Waals surface area contributed by atoms with Crippen molar-refractivity contribution < 1.29 is 0 Å². The van der Waals surface area contributed by atoms with Gasteiger partial charge in [0.05, 0.1) is 5.69 Å². The van der Waals surface area contributed by atoms with Crippen LogP contribution in [0.1, 0.15) is 54.3 Å². The Bertz CT molecular complexity index is 585. The summed E-state index contributed by atoms with van der Waals surface area (Å²) in [4.78, 5) is 10.6. The van der Waals surface area contributed by atoms with Crippen LogP contribution in [0.2, 0.25) is 0 Å². The van der Waals surface area contributed by atoms with E-state index >= 15 is 0 Å². The van der Waals surface area contributed by atoms with E-state index in [1.165, 1.54) is 35.4 Å². The van der Waals surface area contributed by atoms with Gasteiger partial charge in [-0.05, 0) is 42.7 Å².